The minimum atomic E-state index is -0.228. The van der Waals surface area contributed by atoms with Crippen LogP contribution in [0.15, 0.2) is 72.4 Å². The van der Waals surface area contributed by atoms with E-state index < -0.39 is 0 Å². The summed E-state index contributed by atoms with van der Waals surface area (Å²) in [5.74, 6) is 0.861. The first-order valence-corrected chi connectivity index (χ1v) is 10.1. The fourth-order valence-electron chi connectivity index (χ4n) is 2.73. The van der Waals surface area contributed by atoms with E-state index in [4.69, 9.17) is 4.74 Å². The van der Waals surface area contributed by atoms with Gasteiger partial charge < -0.3 is 4.74 Å². The van der Waals surface area contributed by atoms with E-state index in [1.807, 2.05) is 41.8 Å². The van der Waals surface area contributed by atoms with Crippen LogP contribution in [0, 0.1) is 6.92 Å². The summed E-state index contributed by atoms with van der Waals surface area (Å²) in [7, 11) is 0. The largest absolute Gasteiger partial charge is 0.489 e. The predicted molar refractivity (Wildman–Crippen MR) is 113 cm³/mol. The third-order valence-electron chi connectivity index (χ3n) is 4.25. The lowest BCUT2D eigenvalue weighted by molar-refractivity contribution is 0.102. The molecule has 2 heterocycles. The van der Waals surface area contributed by atoms with Crippen molar-refractivity contribution in [3.05, 3.63) is 93.9 Å². The molecular formula is C22H20N4O2S. The van der Waals surface area contributed by atoms with Crippen molar-refractivity contribution in [2.24, 2.45) is 0 Å². The Morgan fingerprint density at radius 3 is 2.69 bits per heavy atom. The highest BCUT2D eigenvalue weighted by Gasteiger charge is 2.12. The summed E-state index contributed by atoms with van der Waals surface area (Å²) in [6.07, 6.45) is 1.61. The van der Waals surface area contributed by atoms with Gasteiger partial charge in [0.25, 0.3) is 5.91 Å². The summed E-state index contributed by atoms with van der Waals surface area (Å²) in [6, 6.07) is 19.6. The third-order valence-corrected chi connectivity index (χ3v) is 5.23. The van der Waals surface area contributed by atoms with E-state index in [1.165, 1.54) is 16.9 Å². The van der Waals surface area contributed by atoms with E-state index >= 15 is 0 Å². The average Bonchev–Trinajstić information content (AvgIpc) is 3.39. The van der Waals surface area contributed by atoms with Crippen LogP contribution < -0.4 is 10.1 Å². The van der Waals surface area contributed by atoms with Crippen molar-refractivity contribution in [1.29, 1.82) is 0 Å². The number of nitrogens with zero attached hydrogens (tertiary/aromatic N) is 3. The Balaban J connectivity index is 1.33. The number of para-hydroxylation sites is 1. The number of thiophene rings is 1. The number of carbonyl (C=O) groups excluding carboxylic acids is 1. The van der Waals surface area contributed by atoms with Crippen molar-refractivity contribution in [3.8, 4) is 5.75 Å². The van der Waals surface area contributed by atoms with Gasteiger partial charge in [-0.1, -0.05) is 48.0 Å². The Morgan fingerprint density at radius 1 is 1.10 bits per heavy atom. The second-order valence-corrected chi connectivity index (χ2v) is 7.54. The zero-order valence-corrected chi connectivity index (χ0v) is 16.7. The molecule has 4 rings (SSSR count). The Hall–Kier alpha value is -3.45. The van der Waals surface area contributed by atoms with Gasteiger partial charge in [0, 0.05) is 5.56 Å². The van der Waals surface area contributed by atoms with Gasteiger partial charge >= 0.3 is 0 Å². The SMILES string of the molecule is Cc1ccc(Cn2cnc(NC(=O)c3cc(COc4ccccc4)cs3)n2)cc1. The van der Waals surface area contributed by atoms with Crippen LogP contribution in [-0.2, 0) is 13.2 Å². The van der Waals surface area contributed by atoms with Gasteiger partial charge in [-0.3, -0.25) is 10.1 Å². The lowest BCUT2D eigenvalue weighted by atomic mass is 10.1. The van der Waals surface area contributed by atoms with Crippen molar-refractivity contribution >= 4 is 23.2 Å². The van der Waals surface area contributed by atoms with Gasteiger partial charge in [-0.15, -0.1) is 16.4 Å². The number of hydrogen-bond acceptors (Lipinski definition) is 5. The highest BCUT2D eigenvalue weighted by Crippen LogP contribution is 2.18. The van der Waals surface area contributed by atoms with Crippen LogP contribution in [0.1, 0.15) is 26.4 Å². The van der Waals surface area contributed by atoms with Gasteiger partial charge in [-0.2, -0.15) is 0 Å². The second kappa shape index (κ2) is 8.70. The van der Waals surface area contributed by atoms with E-state index in [-0.39, 0.29) is 11.9 Å². The zero-order valence-electron chi connectivity index (χ0n) is 15.9. The number of carbonyl (C=O) groups is 1. The van der Waals surface area contributed by atoms with E-state index in [1.54, 1.807) is 11.0 Å². The summed E-state index contributed by atoms with van der Waals surface area (Å²) in [5, 5.41) is 9.00. The molecule has 0 aliphatic rings. The van der Waals surface area contributed by atoms with E-state index in [2.05, 4.69) is 46.6 Å². The number of benzene rings is 2. The topological polar surface area (TPSA) is 69.0 Å². The third kappa shape index (κ3) is 5.08. The molecule has 6 nitrogen and oxygen atoms in total. The number of anilines is 1. The van der Waals surface area contributed by atoms with Crippen LogP contribution in [-0.4, -0.2) is 20.7 Å². The number of aryl methyl sites for hydroxylation is 1. The minimum absolute atomic E-state index is 0.228. The average molecular weight is 404 g/mol. The van der Waals surface area contributed by atoms with Crippen molar-refractivity contribution < 1.29 is 9.53 Å². The molecule has 0 aliphatic heterocycles. The minimum Gasteiger partial charge on any atom is -0.489 e. The van der Waals surface area contributed by atoms with Gasteiger partial charge in [0.2, 0.25) is 5.95 Å². The van der Waals surface area contributed by atoms with E-state index in [0.29, 0.717) is 18.0 Å². The molecule has 0 saturated heterocycles. The fraction of sp³-hybridized carbons (Fsp3) is 0.136. The molecule has 0 atom stereocenters. The molecule has 1 N–H and O–H groups in total. The predicted octanol–water partition coefficient (Wildman–Crippen LogP) is 4.53. The van der Waals surface area contributed by atoms with Crippen LogP contribution in [0.5, 0.6) is 5.75 Å². The standard InChI is InChI=1S/C22H20N4O2S/c1-16-7-9-17(10-8-16)12-26-15-23-22(25-26)24-21(27)20-11-18(14-29-20)13-28-19-5-3-2-4-6-19/h2-11,14-15H,12-13H2,1H3,(H,24,25,27). The smallest absolute Gasteiger partial charge is 0.268 e. The summed E-state index contributed by atoms with van der Waals surface area (Å²) < 4.78 is 7.42. The molecule has 0 aliphatic carbocycles. The molecule has 29 heavy (non-hydrogen) atoms. The van der Waals surface area contributed by atoms with E-state index in [9.17, 15) is 4.79 Å². The highest BCUT2D eigenvalue weighted by atomic mass is 32.1. The van der Waals surface area contributed by atoms with Crippen molar-refractivity contribution in [2.75, 3.05) is 5.32 Å². The maximum absolute atomic E-state index is 12.5. The first-order valence-electron chi connectivity index (χ1n) is 9.17. The van der Waals surface area contributed by atoms with Gasteiger partial charge in [-0.25, -0.2) is 9.67 Å². The number of amides is 1. The van der Waals surface area contributed by atoms with Crippen LogP contribution in [0.25, 0.3) is 0 Å². The van der Waals surface area contributed by atoms with Gasteiger partial charge in [-0.05, 0) is 36.1 Å². The van der Waals surface area contributed by atoms with Crippen LogP contribution in [0.4, 0.5) is 5.95 Å². The molecule has 4 aromatic rings. The van der Waals surface area contributed by atoms with Crippen LogP contribution >= 0.6 is 11.3 Å². The van der Waals surface area contributed by atoms with Gasteiger partial charge in [0.15, 0.2) is 0 Å². The number of rotatable bonds is 7. The summed E-state index contributed by atoms with van der Waals surface area (Å²) in [4.78, 5) is 17.2. The molecule has 0 radical (unpaired) electrons. The molecule has 146 valence electrons. The Kier molecular flexibility index (Phi) is 5.67. The second-order valence-electron chi connectivity index (χ2n) is 6.63. The summed E-state index contributed by atoms with van der Waals surface area (Å²) in [5.41, 5.74) is 3.28. The molecule has 0 unspecified atom stereocenters. The maximum Gasteiger partial charge on any atom is 0.268 e. The number of hydrogen-bond donors (Lipinski definition) is 1. The Morgan fingerprint density at radius 2 is 1.90 bits per heavy atom. The lowest BCUT2D eigenvalue weighted by Gasteiger charge is -2.03. The molecule has 2 aromatic heterocycles. The molecular weight excluding hydrogens is 384 g/mol. The van der Waals surface area contributed by atoms with Crippen molar-refractivity contribution in [3.63, 3.8) is 0 Å². The molecule has 1 amide bonds. The molecule has 7 heteroatoms. The van der Waals surface area contributed by atoms with E-state index in [0.717, 1.165) is 16.9 Å². The zero-order chi connectivity index (χ0) is 20.1. The lowest BCUT2D eigenvalue weighted by Crippen LogP contribution is -2.12. The maximum atomic E-state index is 12.5. The molecule has 0 bridgehead atoms. The Bertz CT molecular complexity index is 1090. The summed E-state index contributed by atoms with van der Waals surface area (Å²) >= 11 is 1.37. The monoisotopic (exact) mass is 404 g/mol. The number of ether oxygens (including phenoxy) is 1. The quantitative estimate of drug-likeness (QED) is 0.491. The van der Waals surface area contributed by atoms with Gasteiger partial charge in [0.05, 0.1) is 11.4 Å². The molecule has 0 spiro atoms. The normalized spacial score (nSPS) is 10.7. The first kappa shape index (κ1) is 18.9. The Labute approximate surface area is 172 Å². The van der Waals surface area contributed by atoms with Crippen molar-refractivity contribution in [2.45, 2.75) is 20.1 Å². The molecule has 0 fully saturated rings. The molecule has 2 aromatic carbocycles. The number of aromatic nitrogens is 3. The number of nitrogens with one attached hydrogen (secondary N) is 1. The summed E-state index contributed by atoms with van der Waals surface area (Å²) in [6.45, 7) is 3.07. The fourth-order valence-corrected chi connectivity index (χ4v) is 3.52. The van der Waals surface area contributed by atoms with Gasteiger partial charge in [0.1, 0.15) is 18.7 Å². The highest BCUT2D eigenvalue weighted by molar-refractivity contribution is 7.12. The van der Waals surface area contributed by atoms with Crippen LogP contribution in [0.3, 0.4) is 0 Å². The van der Waals surface area contributed by atoms with Crippen molar-refractivity contribution in [1.82, 2.24) is 14.8 Å². The molecule has 0 saturated carbocycles. The first-order chi connectivity index (χ1) is 14.2. The van der Waals surface area contributed by atoms with Crippen LogP contribution in [0.2, 0.25) is 0 Å².